The Hall–Kier alpha value is -2.91. The largest absolute Gasteiger partial charge is 0.490 e. The molecule has 30 heavy (non-hydrogen) atoms. The van der Waals surface area contributed by atoms with Gasteiger partial charge in [-0.3, -0.25) is 0 Å². The molecule has 0 saturated carbocycles. The Morgan fingerprint density at radius 2 is 1.47 bits per heavy atom. The number of anilines is 2. The summed E-state index contributed by atoms with van der Waals surface area (Å²) in [5, 5.41) is 23.2. The van der Waals surface area contributed by atoms with Crippen LogP contribution in [0.2, 0.25) is 0 Å². The van der Waals surface area contributed by atoms with Gasteiger partial charge in [-0.1, -0.05) is 23.9 Å². The standard InChI is InChI=1S/C22H25N5O2S/c1-26(2)9-11-28-20-15(13-23)16(14-24)21(29-12-10-27(3)4)22-19(20)25-17-7-5-6-8-18(17)30-22/h5-8,25H,9-12H2,1-4H3. The highest BCUT2D eigenvalue weighted by atomic mass is 32.2. The lowest BCUT2D eigenvalue weighted by Crippen LogP contribution is -2.21. The molecule has 1 aliphatic heterocycles. The number of benzene rings is 2. The van der Waals surface area contributed by atoms with Crippen LogP contribution in [-0.2, 0) is 0 Å². The first-order chi connectivity index (χ1) is 14.5. The molecular weight excluding hydrogens is 398 g/mol. The average molecular weight is 424 g/mol. The van der Waals surface area contributed by atoms with Crippen LogP contribution in [-0.4, -0.2) is 64.3 Å². The quantitative estimate of drug-likeness (QED) is 0.589. The second-order valence-corrected chi connectivity index (χ2v) is 8.41. The Morgan fingerprint density at radius 3 is 2.07 bits per heavy atom. The van der Waals surface area contributed by atoms with Gasteiger partial charge in [0.25, 0.3) is 0 Å². The van der Waals surface area contributed by atoms with E-state index in [9.17, 15) is 10.5 Å². The predicted octanol–water partition coefficient (Wildman–Crippen LogP) is 3.52. The van der Waals surface area contributed by atoms with Crippen molar-refractivity contribution in [1.82, 2.24) is 9.80 Å². The zero-order chi connectivity index (χ0) is 21.7. The summed E-state index contributed by atoms with van der Waals surface area (Å²) in [6, 6.07) is 12.2. The number of rotatable bonds is 8. The first-order valence-corrected chi connectivity index (χ1v) is 10.4. The average Bonchev–Trinajstić information content (AvgIpc) is 2.72. The number of hydrogen-bond donors (Lipinski definition) is 1. The van der Waals surface area contributed by atoms with E-state index in [0.29, 0.717) is 43.5 Å². The Bertz CT molecular complexity index is 928. The molecule has 0 bridgehead atoms. The van der Waals surface area contributed by atoms with E-state index in [-0.39, 0.29) is 11.1 Å². The van der Waals surface area contributed by atoms with Crippen LogP contribution >= 0.6 is 11.8 Å². The van der Waals surface area contributed by atoms with Crippen molar-refractivity contribution in [3.63, 3.8) is 0 Å². The minimum atomic E-state index is 0.197. The fourth-order valence-corrected chi connectivity index (χ4v) is 4.05. The summed E-state index contributed by atoms with van der Waals surface area (Å²) in [6.07, 6.45) is 0. The number of likely N-dealkylation sites (N-methyl/N-ethyl adjacent to an activating group) is 2. The molecule has 0 aliphatic carbocycles. The van der Waals surface area contributed by atoms with E-state index in [0.717, 1.165) is 15.5 Å². The molecule has 8 heteroatoms. The van der Waals surface area contributed by atoms with Gasteiger partial charge in [-0.15, -0.1) is 0 Å². The fraction of sp³-hybridized carbons (Fsp3) is 0.364. The summed E-state index contributed by atoms with van der Waals surface area (Å²) in [6.45, 7) is 2.18. The van der Waals surface area contributed by atoms with Crippen molar-refractivity contribution < 1.29 is 9.47 Å². The van der Waals surface area contributed by atoms with Gasteiger partial charge < -0.3 is 24.6 Å². The molecule has 1 aliphatic rings. The molecule has 1 N–H and O–H groups in total. The van der Waals surface area contributed by atoms with Gasteiger partial charge in [-0.25, -0.2) is 0 Å². The van der Waals surface area contributed by atoms with E-state index in [1.54, 1.807) is 0 Å². The SMILES string of the molecule is CN(C)CCOc1c(C#N)c(C#N)c(OCCN(C)C)c2c1Nc1ccccc1S2. The van der Waals surface area contributed by atoms with E-state index in [1.165, 1.54) is 11.8 Å². The molecule has 2 aromatic rings. The third-order valence-corrected chi connectivity index (χ3v) is 5.69. The summed E-state index contributed by atoms with van der Waals surface area (Å²) in [4.78, 5) is 5.79. The van der Waals surface area contributed by atoms with E-state index < -0.39 is 0 Å². The molecule has 7 nitrogen and oxygen atoms in total. The summed E-state index contributed by atoms with van der Waals surface area (Å²) in [5.41, 5.74) is 2.01. The van der Waals surface area contributed by atoms with Crippen molar-refractivity contribution in [3.05, 3.63) is 35.4 Å². The van der Waals surface area contributed by atoms with Crippen LogP contribution in [0.1, 0.15) is 11.1 Å². The molecule has 0 unspecified atom stereocenters. The van der Waals surface area contributed by atoms with Crippen molar-refractivity contribution >= 4 is 23.1 Å². The highest BCUT2D eigenvalue weighted by molar-refractivity contribution is 7.99. The summed E-state index contributed by atoms with van der Waals surface area (Å²) in [5.74, 6) is 0.825. The van der Waals surface area contributed by atoms with E-state index in [1.807, 2.05) is 62.3 Å². The van der Waals surface area contributed by atoms with Crippen LogP contribution in [0.3, 0.4) is 0 Å². The maximum absolute atomic E-state index is 9.89. The van der Waals surface area contributed by atoms with Crippen LogP contribution in [0.25, 0.3) is 0 Å². The third kappa shape index (κ3) is 4.63. The third-order valence-electron chi connectivity index (χ3n) is 4.52. The smallest absolute Gasteiger partial charge is 0.163 e. The van der Waals surface area contributed by atoms with Gasteiger partial charge in [0.2, 0.25) is 0 Å². The molecule has 1 heterocycles. The van der Waals surface area contributed by atoms with Crippen LogP contribution in [0.15, 0.2) is 34.1 Å². The van der Waals surface area contributed by atoms with Gasteiger partial charge in [0, 0.05) is 18.0 Å². The molecule has 0 fully saturated rings. The van der Waals surface area contributed by atoms with Gasteiger partial charge in [-0.2, -0.15) is 10.5 Å². The number of para-hydroxylation sites is 1. The summed E-state index contributed by atoms with van der Waals surface area (Å²) >= 11 is 1.52. The van der Waals surface area contributed by atoms with E-state index >= 15 is 0 Å². The fourth-order valence-electron chi connectivity index (χ4n) is 2.95. The number of ether oxygens (including phenoxy) is 2. The van der Waals surface area contributed by atoms with Crippen LogP contribution < -0.4 is 14.8 Å². The highest BCUT2D eigenvalue weighted by Gasteiger charge is 2.30. The minimum absolute atomic E-state index is 0.197. The van der Waals surface area contributed by atoms with Gasteiger partial charge in [0.1, 0.15) is 42.2 Å². The first-order valence-electron chi connectivity index (χ1n) is 9.59. The number of fused-ring (bicyclic) bond motifs is 2. The molecule has 0 saturated heterocycles. The number of hydrogen-bond acceptors (Lipinski definition) is 8. The van der Waals surface area contributed by atoms with Crippen LogP contribution in [0.5, 0.6) is 11.5 Å². The predicted molar refractivity (Wildman–Crippen MR) is 118 cm³/mol. The molecule has 2 aromatic carbocycles. The van der Waals surface area contributed by atoms with E-state index in [4.69, 9.17) is 9.47 Å². The van der Waals surface area contributed by atoms with Gasteiger partial charge >= 0.3 is 0 Å². The lowest BCUT2D eigenvalue weighted by molar-refractivity contribution is 0.251. The molecule has 0 radical (unpaired) electrons. The second-order valence-electron chi connectivity index (χ2n) is 7.36. The lowest BCUT2D eigenvalue weighted by Gasteiger charge is -2.27. The molecular formula is C22H25N5O2S. The van der Waals surface area contributed by atoms with Crippen LogP contribution in [0, 0.1) is 22.7 Å². The normalized spacial score (nSPS) is 11.9. The number of nitriles is 2. The molecule has 0 spiro atoms. The van der Waals surface area contributed by atoms with E-state index in [2.05, 4.69) is 17.5 Å². The highest BCUT2D eigenvalue weighted by Crippen LogP contribution is 2.54. The zero-order valence-corrected chi connectivity index (χ0v) is 18.5. The van der Waals surface area contributed by atoms with Gasteiger partial charge in [0.05, 0.1) is 10.6 Å². The molecule has 156 valence electrons. The van der Waals surface area contributed by atoms with Crippen LogP contribution in [0.4, 0.5) is 11.4 Å². The Labute approximate surface area is 181 Å². The Kier molecular flexibility index (Phi) is 7.07. The molecule has 0 aromatic heterocycles. The monoisotopic (exact) mass is 423 g/mol. The first kappa shape index (κ1) is 21.8. The number of nitrogens with one attached hydrogen (secondary N) is 1. The maximum Gasteiger partial charge on any atom is 0.163 e. The summed E-state index contributed by atoms with van der Waals surface area (Å²) in [7, 11) is 7.82. The topological polar surface area (TPSA) is 84.5 Å². The van der Waals surface area contributed by atoms with Crippen molar-refractivity contribution in [3.8, 4) is 23.6 Å². The Balaban J connectivity index is 2.12. The van der Waals surface area contributed by atoms with Gasteiger partial charge in [-0.05, 0) is 40.3 Å². The lowest BCUT2D eigenvalue weighted by atomic mass is 10.0. The van der Waals surface area contributed by atoms with Crippen molar-refractivity contribution in [2.24, 2.45) is 0 Å². The molecule has 0 atom stereocenters. The number of nitrogens with zero attached hydrogens (tertiary/aromatic N) is 4. The molecule has 0 amide bonds. The minimum Gasteiger partial charge on any atom is -0.490 e. The van der Waals surface area contributed by atoms with Crippen molar-refractivity contribution in [1.29, 1.82) is 10.5 Å². The van der Waals surface area contributed by atoms with Gasteiger partial charge in [0.15, 0.2) is 11.5 Å². The Morgan fingerprint density at radius 1 is 0.900 bits per heavy atom. The second kappa shape index (κ2) is 9.73. The molecule has 3 rings (SSSR count). The maximum atomic E-state index is 9.89. The zero-order valence-electron chi connectivity index (χ0n) is 17.7. The summed E-state index contributed by atoms with van der Waals surface area (Å²) < 4.78 is 12.1. The van der Waals surface area contributed by atoms with Crippen molar-refractivity contribution in [2.45, 2.75) is 9.79 Å². The van der Waals surface area contributed by atoms with Crippen molar-refractivity contribution in [2.75, 3.05) is 59.8 Å².